The van der Waals surface area contributed by atoms with E-state index in [-0.39, 0.29) is 23.7 Å². The summed E-state index contributed by atoms with van der Waals surface area (Å²) in [5.74, 6) is -0.771. The molecule has 220 valence electrons. The third-order valence-corrected chi connectivity index (χ3v) is 6.36. The summed E-state index contributed by atoms with van der Waals surface area (Å²) in [7, 11) is 2.98. The number of nitrogens with one attached hydrogen (secondary N) is 1. The lowest BCUT2D eigenvalue weighted by molar-refractivity contribution is 0.213. The van der Waals surface area contributed by atoms with E-state index < -0.39 is 34.7 Å². The molecule has 13 heteroatoms. The molecule has 0 aliphatic carbocycles. The molecule has 11 nitrogen and oxygen atoms in total. The monoisotopic (exact) mass is 590 g/mol. The number of anilines is 1. The van der Waals surface area contributed by atoms with Crippen LogP contribution in [0, 0.1) is 11.6 Å². The summed E-state index contributed by atoms with van der Waals surface area (Å²) in [5.41, 5.74) is -1.02. The third-order valence-electron chi connectivity index (χ3n) is 6.36. The van der Waals surface area contributed by atoms with Gasteiger partial charge in [-0.25, -0.2) is 22.9 Å². The maximum absolute atomic E-state index is 15.1. The number of pyridine rings is 1. The molecule has 0 fully saturated rings. The molecular weight excluding hydrogens is 566 g/mol. The van der Waals surface area contributed by atoms with Gasteiger partial charge in [-0.05, 0) is 55.5 Å². The van der Waals surface area contributed by atoms with E-state index in [9.17, 15) is 18.8 Å². The second-order valence-electron chi connectivity index (χ2n) is 8.97. The lowest BCUT2D eigenvalue weighted by Gasteiger charge is -2.14. The minimum atomic E-state index is -1.11. The Kier molecular flexibility index (Phi) is 8.05. The number of methoxy groups -OCH3 is 2. The van der Waals surface area contributed by atoms with Gasteiger partial charge in [0.2, 0.25) is 5.75 Å². The van der Waals surface area contributed by atoms with E-state index >= 15 is 4.39 Å². The third kappa shape index (κ3) is 5.86. The Morgan fingerprint density at radius 2 is 1.60 bits per heavy atom. The predicted octanol–water partition coefficient (Wildman–Crippen LogP) is 5.27. The van der Waals surface area contributed by atoms with Crippen LogP contribution in [-0.2, 0) is 6.54 Å². The lowest BCUT2D eigenvalue weighted by atomic mass is 10.2. The van der Waals surface area contributed by atoms with Crippen molar-refractivity contribution >= 4 is 22.7 Å². The summed E-state index contributed by atoms with van der Waals surface area (Å²) in [6.07, 6.45) is 1.48. The summed E-state index contributed by atoms with van der Waals surface area (Å²) in [5, 5.41) is 2.89. The van der Waals surface area contributed by atoms with Crippen molar-refractivity contribution < 1.29 is 32.5 Å². The van der Waals surface area contributed by atoms with E-state index in [0.717, 1.165) is 33.5 Å². The van der Waals surface area contributed by atoms with Gasteiger partial charge in [0.25, 0.3) is 0 Å². The van der Waals surface area contributed by atoms with Crippen LogP contribution in [0.4, 0.5) is 19.3 Å². The van der Waals surface area contributed by atoms with Gasteiger partial charge in [-0.2, -0.15) is 0 Å². The van der Waals surface area contributed by atoms with Crippen molar-refractivity contribution in [1.29, 1.82) is 0 Å². The first-order valence-electron chi connectivity index (χ1n) is 12.8. The second kappa shape index (κ2) is 12.0. The van der Waals surface area contributed by atoms with Crippen molar-refractivity contribution in [2.45, 2.75) is 13.5 Å². The molecule has 0 saturated heterocycles. The van der Waals surface area contributed by atoms with Crippen LogP contribution in [0.15, 0.2) is 82.6 Å². The fourth-order valence-electron chi connectivity index (χ4n) is 4.25. The number of nitrogens with zero attached hydrogens (tertiary/aromatic N) is 3. The molecule has 3 aromatic carbocycles. The Balaban J connectivity index is 1.37. The number of benzene rings is 3. The number of carbonyl (C=O) groups is 1. The van der Waals surface area contributed by atoms with E-state index in [0.29, 0.717) is 28.2 Å². The Morgan fingerprint density at radius 1 is 0.884 bits per heavy atom. The number of aromatic nitrogens is 3. The number of halogens is 2. The van der Waals surface area contributed by atoms with Gasteiger partial charge in [0.15, 0.2) is 23.1 Å². The summed E-state index contributed by atoms with van der Waals surface area (Å²) < 4.78 is 52.0. The van der Waals surface area contributed by atoms with Crippen LogP contribution in [0.25, 0.3) is 16.6 Å². The summed E-state index contributed by atoms with van der Waals surface area (Å²) in [6.45, 7) is 1.80. The number of amides is 1. The summed E-state index contributed by atoms with van der Waals surface area (Å²) in [4.78, 5) is 42.8. The first kappa shape index (κ1) is 28.8. The number of carbonyl (C=O) groups excluding carboxylic acids is 1. The van der Waals surface area contributed by atoms with Crippen LogP contribution < -0.4 is 35.5 Å². The average Bonchev–Trinajstić information content (AvgIpc) is 3.00. The topological polar surface area (TPSA) is 123 Å². The van der Waals surface area contributed by atoms with Crippen molar-refractivity contribution in [3.05, 3.63) is 106 Å². The van der Waals surface area contributed by atoms with Crippen LogP contribution in [0.2, 0.25) is 0 Å². The molecule has 0 saturated carbocycles. The molecule has 1 amide bonds. The fourth-order valence-corrected chi connectivity index (χ4v) is 4.25. The van der Waals surface area contributed by atoms with Gasteiger partial charge in [-0.1, -0.05) is 0 Å². The number of hydrogen-bond acceptors (Lipinski definition) is 8. The molecule has 0 aliphatic rings. The molecule has 0 atom stereocenters. The molecule has 5 rings (SSSR count). The zero-order chi connectivity index (χ0) is 30.7. The van der Waals surface area contributed by atoms with Gasteiger partial charge >= 0.3 is 17.3 Å². The standard InChI is InChI=1S/C30H24F2N4O7/c1-4-35-16-27(28(37)36(30(35)39)19-8-5-17(31)6-9-19)43-29(38)34-18-7-10-24(21(32)13-18)42-23-11-12-33-22-15-26(41-3)25(40-2)14-20(22)23/h5-16H,4H2,1-3H3,(H,34,38). The van der Waals surface area contributed by atoms with Crippen molar-refractivity contribution in [3.63, 3.8) is 0 Å². The molecule has 0 unspecified atom stereocenters. The zero-order valence-corrected chi connectivity index (χ0v) is 23.1. The van der Waals surface area contributed by atoms with Gasteiger partial charge in [-0.3, -0.25) is 19.7 Å². The highest BCUT2D eigenvalue weighted by atomic mass is 19.1. The van der Waals surface area contributed by atoms with Crippen molar-refractivity contribution in [2.24, 2.45) is 0 Å². The molecule has 0 spiro atoms. The van der Waals surface area contributed by atoms with Gasteiger partial charge in [0, 0.05) is 35.9 Å². The lowest BCUT2D eigenvalue weighted by Crippen LogP contribution is -2.39. The van der Waals surface area contributed by atoms with E-state index in [1.807, 2.05) is 0 Å². The molecule has 0 bridgehead atoms. The fraction of sp³-hybridized carbons (Fsp3) is 0.133. The molecule has 2 aromatic heterocycles. The molecule has 0 radical (unpaired) electrons. The molecular formula is C30H24F2N4O7. The number of fused-ring (bicyclic) bond motifs is 1. The molecule has 43 heavy (non-hydrogen) atoms. The second-order valence-corrected chi connectivity index (χ2v) is 8.97. The molecule has 0 aliphatic heterocycles. The zero-order valence-electron chi connectivity index (χ0n) is 23.1. The van der Waals surface area contributed by atoms with E-state index in [2.05, 4.69) is 10.3 Å². The van der Waals surface area contributed by atoms with E-state index in [1.54, 1.807) is 25.1 Å². The summed E-state index contributed by atoms with van der Waals surface area (Å²) >= 11 is 0. The molecule has 5 aromatic rings. The van der Waals surface area contributed by atoms with E-state index in [1.165, 1.54) is 44.7 Å². The van der Waals surface area contributed by atoms with Crippen LogP contribution in [-0.4, -0.2) is 34.4 Å². The quantitative estimate of drug-likeness (QED) is 0.260. The number of hydrogen-bond donors (Lipinski definition) is 1. The van der Waals surface area contributed by atoms with E-state index in [4.69, 9.17) is 18.9 Å². The van der Waals surface area contributed by atoms with Gasteiger partial charge in [0.05, 0.1) is 31.6 Å². The Morgan fingerprint density at radius 3 is 2.28 bits per heavy atom. The first-order chi connectivity index (χ1) is 20.7. The number of rotatable bonds is 8. The summed E-state index contributed by atoms with van der Waals surface area (Å²) in [6, 6.07) is 13.2. The Labute approximate surface area is 242 Å². The largest absolute Gasteiger partial charge is 0.493 e. The van der Waals surface area contributed by atoms with Crippen molar-refractivity contribution in [2.75, 3.05) is 19.5 Å². The van der Waals surface area contributed by atoms with Gasteiger partial charge in [0.1, 0.15) is 11.6 Å². The highest BCUT2D eigenvalue weighted by Gasteiger charge is 2.18. The maximum Gasteiger partial charge on any atom is 0.417 e. The normalized spacial score (nSPS) is 10.8. The maximum atomic E-state index is 15.1. The van der Waals surface area contributed by atoms with Gasteiger partial charge < -0.3 is 18.9 Å². The smallest absolute Gasteiger partial charge is 0.417 e. The average molecular weight is 591 g/mol. The molecule has 2 heterocycles. The van der Waals surface area contributed by atoms with Gasteiger partial charge in [-0.15, -0.1) is 0 Å². The first-order valence-corrected chi connectivity index (χ1v) is 12.8. The van der Waals surface area contributed by atoms with Crippen LogP contribution in [0.1, 0.15) is 6.92 Å². The van der Waals surface area contributed by atoms with Crippen LogP contribution in [0.5, 0.6) is 28.7 Å². The molecule has 1 N–H and O–H groups in total. The van der Waals surface area contributed by atoms with Crippen LogP contribution in [0.3, 0.4) is 0 Å². The highest BCUT2D eigenvalue weighted by molar-refractivity contribution is 5.88. The van der Waals surface area contributed by atoms with Crippen LogP contribution >= 0.6 is 0 Å². The number of aryl methyl sites for hydroxylation is 1. The minimum absolute atomic E-state index is 0.00325. The predicted molar refractivity (Wildman–Crippen MR) is 153 cm³/mol. The van der Waals surface area contributed by atoms with Crippen molar-refractivity contribution in [1.82, 2.24) is 14.1 Å². The Bertz CT molecular complexity index is 1960. The Hall–Kier alpha value is -5.72. The SMILES string of the molecule is CCn1cc(OC(=O)Nc2ccc(Oc3ccnc4cc(OC)c(OC)cc34)c(F)c2)c(=O)n(-c2ccc(F)cc2)c1=O. The van der Waals surface area contributed by atoms with Crippen molar-refractivity contribution in [3.8, 4) is 34.4 Å². The highest BCUT2D eigenvalue weighted by Crippen LogP contribution is 2.37. The number of ether oxygens (including phenoxy) is 4. The minimum Gasteiger partial charge on any atom is -0.493 e.